The zero-order valence-corrected chi connectivity index (χ0v) is 11.3. The Morgan fingerprint density at radius 1 is 1.31 bits per heavy atom. The van der Waals surface area contributed by atoms with Crippen molar-refractivity contribution in [1.82, 2.24) is 15.1 Å². The van der Waals surface area contributed by atoms with E-state index in [1.54, 1.807) is 0 Å². The minimum atomic E-state index is 0.978. The van der Waals surface area contributed by atoms with Gasteiger partial charge in [-0.3, -0.25) is 0 Å². The Bertz CT molecular complexity index is 171. The first-order valence-corrected chi connectivity index (χ1v) is 6.80. The molecule has 3 heteroatoms. The Morgan fingerprint density at radius 2 is 2.12 bits per heavy atom. The highest BCUT2D eigenvalue weighted by Crippen LogP contribution is 2.19. The van der Waals surface area contributed by atoms with E-state index in [1.165, 1.54) is 38.9 Å². The molecule has 16 heavy (non-hydrogen) atoms. The van der Waals surface area contributed by atoms with Crippen LogP contribution < -0.4 is 5.32 Å². The van der Waals surface area contributed by atoms with E-state index in [4.69, 9.17) is 0 Å². The number of hydrogen-bond acceptors (Lipinski definition) is 3. The average molecular weight is 227 g/mol. The first-order valence-electron chi connectivity index (χ1n) is 6.80. The van der Waals surface area contributed by atoms with Gasteiger partial charge in [-0.05, 0) is 39.4 Å². The standard InChI is InChI=1S/C13H29N3/c1-4-5-13-6-9-16(12-13)11-8-14-7-10-15(2)3/h13-14H,4-12H2,1-3H3. The van der Waals surface area contributed by atoms with Gasteiger partial charge in [-0.1, -0.05) is 13.3 Å². The number of likely N-dealkylation sites (N-methyl/N-ethyl adjacent to an activating group) is 1. The highest BCUT2D eigenvalue weighted by Gasteiger charge is 2.20. The lowest BCUT2D eigenvalue weighted by Crippen LogP contribution is -2.34. The van der Waals surface area contributed by atoms with E-state index in [2.05, 4.69) is 36.1 Å². The van der Waals surface area contributed by atoms with E-state index in [9.17, 15) is 0 Å². The summed E-state index contributed by atoms with van der Waals surface area (Å²) in [5.74, 6) is 0.978. The van der Waals surface area contributed by atoms with E-state index in [1.807, 2.05) is 0 Å². The number of nitrogens with zero attached hydrogens (tertiary/aromatic N) is 2. The minimum Gasteiger partial charge on any atom is -0.314 e. The topological polar surface area (TPSA) is 18.5 Å². The summed E-state index contributed by atoms with van der Waals surface area (Å²) in [6.07, 6.45) is 4.19. The molecule has 0 amide bonds. The van der Waals surface area contributed by atoms with Crippen molar-refractivity contribution in [3.63, 3.8) is 0 Å². The Hall–Kier alpha value is -0.120. The third kappa shape index (κ3) is 5.83. The fourth-order valence-corrected chi connectivity index (χ4v) is 2.42. The molecule has 1 rings (SSSR count). The SMILES string of the molecule is CCCC1CCN(CCNCCN(C)C)C1. The van der Waals surface area contributed by atoms with Crippen molar-refractivity contribution in [2.45, 2.75) is 26.2 Å². The monoisotopic (exact) mass is 227 g/mol. The Balaban J connectivity index is 1.94. The van der Waals surface area contributed by atoms with Crippen LogP contribution in [0.3, 0.4) is 0 Å². The third-order valence-electron chi connectivity index (χ3n) is 3.41. The maximum Gasteiger partial charge on any atom is 0.0107 e. The molecule has 0 aromatic rings. The summed E-state index contributed by atoms with van der Waals surface area (Å²) in [5, 5.41) is 3.51. The quantitative estimate of drug-likeness (QED) is 0.630. The second-order valence-corrected chi connectivity index (χ2v) is 5.30. The van der Waals surface area contributed by atoms with Crippen LogP contribution >= 0.6 is 0 Å². The predicted molar refractivity (Wildman–Crippen MR) is 70.9 cm³/mol. The molecule has 0 aromatic carbocycles. The van der Waals surface area contributed by atoms with Gasteiger partial charge in [0.2, 0.25) is 0 Å². The summed E-state index contributed by atoms with van der Waals surface area (Å²) in [7, 11) is 4.25. The van der Waals surface area contributed by atoms with E-state index in [-0.39, 0.29) is 0 Å². The smallest absolute Gasteiger partial charge is 0.0107 e. The molecule has 1 heterocycles. The molecule has 1 aliphatic heterocycles. The van der Waals surface area contributed by atoms with Crippen LogP contribution in [0.2, 0.25) is 0 Å². The van der Waals surface area contributed by atoms with E-state index in [0.717, 1.165) is 25.6 Å². The van der Waals surface area contributed by atoms with E-state index >= 15 is 0 Å². The summed E-state index contributed by atoms with van der Waals surface area (Å²) in [4.78, 5) is 4.84. The maximum absolute atomic E-state index is 3.51. The zero-order chi connectivity index (χ0) is 11.8. The van der Waals surface area contributed by atoms with Crippen molar-refractivity contribution < 1.29 is 0 Å². The minimum absolute atomic E-state index is 0.978. The molecule has 1 N–H and O–H groups in total. The van der Waals surface area contributed by atoms with Gasteiger partial charge >= 0.3 is 0 Å². The summed E-state index contributed by atoms with van der Waals surface area (Å²) in [6.45, 7) is 9.58. The molecule has 0 aliphatic carbocycles. The fourth-order valence-electron chi connectivity index (χ4n) is 2.42. The lowest BCUT2D eigenvalue weighted by atomic mass is 10.0. The molecular weight excluding hydrogens is 198 g/mol. The molecular formula is C13H29N3. The molecule has 0 aromatic heterocycles. The van der Waals surface area contributed by atoms with E-state index < -0.39 is 0 Å². The van der Waals surface area contributed by atoms with Crippen LogP contribution in [-0.4, -0.2) is 63.2 Å². The molecule has 0 spiro atoms. The first-order chi connectivity index (χ1) is 7.72. The van der Waals surface area contributed by atoms with Gasteiger partial charge in [0.1, 0.15) is 0 Å². The van der Waals surface area contributed by atoms with Gasteiger partial charge in [-0.25, -0.2) is 0 Å². The van der Waals surface area contributed by atoms with Crippen molar-refractivity contribution in [2.24, 2.45) is 5.92 Å². The van der Waals surface area contributed by atoms with Gasteiger partial charge < -0.3 is 15.1 Å². The van der Waals surface area contributed by atoms with Crippen molar-refractivity contribution in [1.29, 1.82) is 0 Å². The molecule has 0 bridgehead atoms. The Kier molecular flexibility index (Phi) is 7.01. The summed E-state index contributed by atoms with van der Waals surface area (Å²) < 4.78 is 0. The average Bonchev–Trinajstić information content (AvgIpc) is 2.65. The zero-order valence-electron chi connectivity index (χ0n) is 11.3. The largest absolute Gasteiger partial charge is 0.314 e. The summed E-state index contributed by atoms with van der Waals surface area (Å²) in [5.41, 5.74) is 0. The van der Waals surface area contributed by atoms with Gasteiger partial charge in [0.15, 0.2) is 0 Å². The van der Waals surface area contributed by atoms with Crippen LogP contribution in [0, 0.1) is 5.92 Å². The van der Waals surface area contributed by atoms with Crippen LogP contribution in [0.1, 0.15) is 26.2 Å². The Morgan fingerprint density at radius 3 is 2.81 bits per heavy atom. The van der Waals surface area contributed by atoms with Crippen LogP contribution in [-0.2, 0) is 0 Å². The normalized spacial score (nSPS) is 22.1. The predicted octanol–water partition coefficient (Wildman–Crippen LogP) is 1.26. The molecule has 1 aliphatic rings. The molecule has 1 unspecified atom stereocenters. The van der Waals surface area contributed by atoms with Gasteiger partial charge in [0, 0.05) is 32.7 Å². The van der Waals surface area contributed by atoms with Crippen molar-refractivity contribution >= 4 is 0 Å². The van der Waals surface area contributed by atoms with E-state index in [0.29, 0.717) is 0 Å². The number of nitrogens with one attached hydrogen (secondary N) is 1. The van der Waals surface area contributed by atoms with Crippen LogP contribution in [0.25, 0.3) is 0 Å². The van der Waals surface area contributed by atoms with Gasteiger partial charge in [0.25, 0.3) is 0 Å². The second-order valence-electron chi connectivity index (χ2n) is 5.30. The highest BCUT2D eigenvalue weighted by atomic mass is 15.2. The maximum atomic E-state index is 3.51. The van der Waals surface area contributed by atoms with Gasteiger partial charge in [0.05, 0.1) is 0 Å². The third-order valence-corrected chi connectivity index (χ3v) is 3.41. The van der Waals surface area contributed by atoms with Crippen LogP contribution in [0.5, 0.6) is 0 Å². The molecule has 0 saturated carbocycles. The highest BCUT2D eigenvalue weighted by molar-refractivity contribution is 4.75. The number of rotatable bonds is 8. The molecule has 3 nitrogen and oxygen atoms in total. The van der Waals surface area contributed by atoms with Gasteiger partial charge in [-0.15, -0.1) is 0 Å². The molecule has 1 atom stereocenters. The lowest BCUT2D eigenvalue weighted by molar-refractivity contribution is 0.313. The van der Waals surface area contributed by atoms with Crippen molar-refractivity contribution in [3.8, 4) is 0 Å². The summed E-state index contributed by atoms with van der Waals surface area (Å²) >= 11 is 0. The lowest BCUT2D eigenvalue weighted by Gasteiger charge is -2.17. The fraction of sp³-hybridized carbons (Fsp3) is 1.00. The van der Waals surface area contributed by atoms with Crippen molar-refractivity contribution in [3.05, 3.63) is 0 Å². The summed E-state index contributed by atoms with van der Waals surface area (Å²) in [6, 6.07) is 0. The molecule has 96 valence electrons. The van der Waals surface area contributed by atoms with Gasteiger partial charge in [-0.2, -0.15) is 0 Å². The Labute approximate surface area is 101 Å². The molecule has 0 radical (unpaired) electrons. The molecule has 1 saturated heterocycles. The second kappa shape index (κ2) is 8.04. The van der Waals surface area contributed by atoms with Crippen molar-refractivity contribution in [2.75, 3.05) is 53.4 Å². The number of likely N-dealkylation sites (tertiary alicyclic amines) is 1. The number of hydrogen-bond donors (Lipinski definition) is 1. The van der Waals surface area contributed by atoms with Crippen LogP contribution in [0.15, 0.2) is 0 Å². The van der Waals surface area contributed by atoms with Crippen LogP contribution in [0.4, 0.5) is 0 Å². The molecule has 1 fully saturated rings. The first kappa shape index (κ1) is 13.9.